The maximum Gasteiger partial charge on any atom is 0.194 e. The van der Waals surface area contributed by atoms with Gasteiger partial charge in [0.1, 0.15) is 11.9 Å². The van der Waals surface area contributed by atoms with Crippen molar-refractivity contribution in [2.24, 2.45) is 4.99 Å². The van der Waals surface area contributed by atoms with Crippen LogP contribution in [0.5, 0.6) is 0 Å². The van der Waals surface area contributed by atoms with Gasteiger partial charge in [0.05, 0.1) is 6.54 Å². The van der Waals surface area contributed by atoms with Gasteiger partial charge in [0.2, 0.25) is 0 Å². The zero-order chi connectivity index (χ0) is 18.9. The molecule has 1 aliphatic heterocycles. The summed E-state index contributed by atoms with van der Waals surface area (Å²) in [6.07, 6.45) is 1.82. The topological polar surface area (TPSA) is 53.0 Å². The largest absolute Gasteiger partial charge is 0.375 e. The number of rotatable bonds is 6. The van der Waals surface area contributed by atoms with E-state index in [1.807, 2.05) is 36.5 Å². The third kappa shape index (κ3) is 5.20. The standard InChI is InChI=1S/C21H29N5O/c1-3-22-21(24-17-19(27-2)18-9-5-4-6-10-18)26-15-13-25(14-16-26)20-11-7-8-12-23-20/h4-12,19H,3,13-17H2,1-2H3,(H,22,24). The van der Waals surface area contributed by atoms with Gasteiger partial charge in [-0.15, -0.1) is 0 Å². The molecule has 1 saturated heterocycles. The molecule has 1 N–H and O–H groups in total. The predicted molar refractivity (Wildman–Crippen MR) is 110 cm³/mol. The van der Waals surface area contributed by atoms with Crippen molar-refractivity contribution in [1.82, 2.24) is 15.2 Å². The smallest absolute Gasteiger partial charge is 0.194 e. The average Bonchev–Trinajstić information content (AvgIpc) is 2.75. The molecule has 1 aromatic heterocycles. The van der Waals surface area contributed by atoms with Crippen LogP contribution in [0.2, 0.25) is 0 Å². The number of hydrogen-bond donors (Lipinski definition) is 1. The zero-order valence-electron chi connectivity index (χ0n) is 16.2. The molecular weight excluding hydrogens is 338 g/mol. The summed E-state index contributed by atoms with van der Waals surface area (Å²) in [5, 5.41) is 3.42. The Morgan fingerprint density at radius 2 is 1.85 bits per heavy atom. The SMILES string of the molecule is CCNC(=NCC(OC)c1ccccc1)N1CCN(c2ccccn2)CC1. The van der Waals surface area contributed by atoms with Crippen LogP contribution in [0.4, 0.5) is 5.82 Å². The van der Waals surface area contributed by atoms with Crippen LogP contribution in [0.15, 0.2) is 59.7 Å². The summed E-state index contributed by atoms with van der Waals surface area (Å²) in [5.41, 5.74) is 1.15. The lowest BCUT2D eigenvalue weighted by molar-refractivity contribution is 0.110. The van der Waals surface area contributed by atoms with Crippen molar-refractivity contribution < 1.29 is 4.74 Å². The molecule has 0 amide bonds. The number of nitrogens with zero attached hydrogens (tertiary/aromatic N) is 4. The number of nitrogens with one attached hydrogen (secondary N) is 1. The second-order valence-corrected chi connectivity index (χ2v) is 6.49. The number of aliphatic imine (C=N–C) groups is 1. The molecule has 3 rings (SSSR count). The molecule has 0 radical (unpaired) electrons. The number of hydrogen-bond acceptors (Lipinski definition) is 4. The van der Waals surface area contributed by atoms with Crippen LogP contribution in [0, 0.1) is 0 Å². The maximum atomic E-state index is 5.66. The van der Waals surface area contributed by atoms with Crippen molar-refractivity contribution in [2.45, 2.75) is 13.0 Å². The van der Waals surface area contributed by atoms with Gasteiger partial charge in [0, 0.05) is 46.0 Å². The first-order chi connectivity index (χ1) is 13.3. The van der Waals surface area contributed by atoms with Crippen LogP contribution in [-0.4, -0.2) is 62.2 Å². The highest BCUT2D eigenvalue weighted by atomic mass is 16.5. The minimum absolute atomic E-state index is 0.0327. The molecule has 6 nitrogen and oxygen atoms in total. The Morgan fingerprint density at radius 3 is 2.48 bits per heavy atom. The minimum atomic E-state index is -0.0327. The molecule has 2 aromatic rings. The van der Waals surface area contributed by atoms with Crippen molar-refractivity contribution in [3.63, 3.8) is 0 Å². The Bertz CT molecular complexity index is 699. The fourth-order valence-electron chi connectivity index (χ4n) is 3.27. The highest BCUT2D eigenvalue weighted by molar-refractivity contribution is 5.80. The molecule has 144 valence electrons. The van der Waals surface area contributed by atoms with Crippen LogP contribution in [-0.2, 0) is 4.74 Å². The molecule has 1 aromatic carbocycles. The van der Waals surface area contributed by atoms with Gasteiger partial charge < -0.3 is 19.9 Å². The predicted octanol–water partition coefficient (Wildman–Crippen LogP) is 2.56. The molecule has 6 heteroatoms. The van der Waals surface area contributed by atoms with E-state index in [-0.39, 0.29) is 6.10 Å². The molecule has 1 aliphatic rings. The van der Waals surface area contributed by atoms with E-state index in [0.717, 1.165) is 50.1 Å². The molecule has 0 bridgehead atoms. The highest BCUT2D eigenvalue weighted by Gasteiger charge is 2.21. The summed E-state index contributed by atoms with van der Waals surface area (Å²) >= 11 is 0. The summed E-state index contributed by atoms with van der Waals surface area (Å²) in [6.45, 7) is 7.27. The van der Waals surface area contributed by atoms with Crippen molar-refractivity contribution in [3.8, 4) is 0 Å². The molecule has 1 atom stereocenters. The van der Waals surface area contributed by atoms with E-state index in [2.05, 4.69) is 45.2 Å². The van der Waals surface area contributed by atoms with E-state index < -0.39 is 0 Å². The van der Waals surface area contributed by atoms with Gasteiger partial charge in [0.25, 0.3) is 0 Å². The quantitative estimate of drug-likeness (QED) is 0.628. The van der Waals surface area contributed by atoms with E-state index in [0.29, 0.717) is 6.54 Å². The lowest BCUT2D eigenvalue weighted by atomic mass is 10.1. The van der Waals surface area contributed by atoms with Crippen molar-refractivity contribution in [2.75, 3.05) is 51.3 Å². The van der Waals surface area contributed by atoms with E-state index >= 15 is 0 Å². The van der Waals surface area contributed by atoms with Crippen LogP contribution >= 0.6 is 0 Å². The summed E-state index contributed by atoms with van der Waals surface area (Å²) < 4.78 is 5.66. The van der Waals surface area contributed by atoms with Crippen molar-refractivity contribution >= 4 is 11.8 Å². The molecule has 0 spiro atoms. The molecule has 1 unspecified atom stereocenters. The minimum Gasteiger partial charge on any atom is -0.375 e. The zero-order valence-corrected chi connectivity index (χ0v) is 16.2. The van der Waals surface area contributed by atoms with E-state index in [9.17, 15) is 0 Å². The number of benzene rings is 1. The third-order valence-corrected chi connectivity index (χ3v) is 4.75. The monoisotopic (exact) mass is 367 g/mol. The first-order valence-corrected chi connectivity index (χ1v) is 9.58. The number of ether oxygens (including phenoxy) is 1. The number of aromatic nitrogens is 1. The molecule has 0 saturated carbocycles. The van der Waals surface area contributed by atoms with Crippen molar-refractivity contribution in [3.05, 3.63) is 60.3 Å². The maximum absolute atomic E-state index is 5.66. The van der Waals surface area contributed by atoms with Crippen LogP contribution in [0.3, 0.4) is 0 Å². The van der Waals surface area contributed by atoms with Gasteiger partial charge in [0.15, 0.2) is 5.96 Å². The Balaban J connectivity index is 1.62. The molecular formula is C21H29N5O. The summed E-state index contributed by atoms with van der Waals surface area (Å²) in [6, 6.07) is 16.3. The third-order valence-electron chi connectivity index (χ3n) is 4.75. The van der Waals surface area contributed by atoms with E-state index in [4.69, 9.17) is 9.73 Å². The fraction of sp³-hybridized carbons (Fsp3) is 0.429. The normalized spacial score (nSPS) is 16.3. The lowest BCUT2D eigenvalue weighted by Gasteiger charge is -2.37. The Hall–Kier alpha value is -2.60. The number of guanidine groups is 1. The van der Waals surface area contributed by atoms with Crippen LogP contribution in [0.1, 0.15) is 18.6 Å². The molecule has 27 heavy (non-hydrogen) atoms. The van der Waals surface area contributed by atoms with E-state index in [1.165, 1.54) is 0 Å². The Labute approximate surface area is 161 Å². The van der Waals surface area contributed by atoms with Gasteiger partial charge in [-0.25, -0.2) is 4.98 Å². The highest BCUT2D eigenvalue weighted by Crippen LogP contribution is 2.17. The van der Waals surface area contributed by atoms with Gasteiger partial charge in [-0.3, -0.25) is 4.99 Å². The van der Waals surface area contributed by atoms with Gasteiger partial charge in [-0.2, -0.15) is 0 Å². The summed E-state index contributed by atoms with van der Waals surface area (Å²) in [5.74, 6) is 2.00. The first kappa shape index (κ1) is 19.2. The fourth-order valence-corrected chi connectivity index (χ4v) is 3.27. The Kier molecular flexibility index (Phi) is 7.04. The van der Waals surface area contributed by atoms with E-state index in [1.54, 1.807) is 7.11 Å². The lowest BCUT2D eigenvalue weighted by Crippen LogP contribution is -2.52. The number of anilines is 1. The summed E-state index contributed by atoms with van der Waals surface area (Å²) in [7, 11) is 1.74. The number of methoxy groups -OCH3 is 1. The van der Waals surface area contributed by atoms with Crippen LogP contribution < -0.4 is 10.2 Å². The average molecular weight is 367 g/mol. The van der Waals surface area contributed by atoms with Crippen molar-refractivity contribution in [1.29, 1.82) is 0 Å². The number of pyridine rings is 1. The second-order valence-electron chi connectivity index (χ2n) is 6.49. The van der Waals surface area contributed by atoms with Crippen LogP contribution in [0.25, 0.3) is 0 Å². The van der Waals surface area contributed by atoms with Gasteiger partial charge >= 0.3 is 0 Å². The van der Waals surface area contributed by atoms with Gasteiger partial charge in [-0.1, -0.05) is 36.4 Å². The molecule has 0 aliphatic carbocycles. The Morgan fingerprint density at radius 1 is 1.11 bits per heavy atom. The summed E-state index contributed by atoms with van der Waals surface area (Å²) in [4.78, 5) is 14.0. The molecule has 2 heterocycles. The number of piperazine rings is 1. The molecule has 1 fully saturated rings. The first-order valence-electron chi connectivity index (χ1n) is 9.58. The second kappa shape index (κ2) is 9.92. The van der Waals surface area contributed by atoms with Gasteiger partial charge in [-0.05, 0) is 24.6 Å².